The Morgan fingerprint density at radius 1 is 0.613 bits per heavy atom. The van der Waals surface area contributed by atoms with Crippen molar-refractivity contribution in [3.63, 3.8) is 0 Å². The molecule has 0 amide bonds. The van der Waals surface area contributed by atoms with E-state index in [1.54, 1.807) is 28.3 Å². The van der Waals surface area contributed by atoms with Gasteiger partial charge in [0.1, 0.15) is 54.6 Å². The van der Waals surface area contributed by atoms with Gasteiger partial charge in [0.05, 0.1) is 79.2 Å². The van der Waals surface area contributed by atoms with Gasteiger partial charge < -0.3 is 91.5 Å². The summed E-state index contributed by atoms with van der Waals surface area (Å²) in [5, 5.41) is 40.8. The van der Waals surface area contributed by atoms with Gasteiger partial charge in [0.15, 0.2) is 30.9 Å². The zero-order chi connectivity index (χ0) is 53.5. The molecule has 10 rings (SSSR count). The van der Waals surface area contributed by atoms with E-state index in [1.807, 2.05) is 13.8 Å². The third-order valence-corrected chi connectivity index (χ3v) is 20.0. The molecule has 428 valence electrons. The third kappa shape index (κ3) is 10.3. The van der Waals surface area contributed by atoms with Crippen LogP contribution in [0, 0.1) is 28.6 Å². The molecule has 0 aromatic carbocycles. The van der Waals surface area contributed by atoms with Gasteiger partial charge in [0, 0.05) is 78.8 Å². The van der Waals surface area contributed by atoms with E-state index in [2.05, 4.69) is 33.8 Å². The number of ketones is 1. The fourth-order valence-electron chi connectivity index (χ4n) is 15.6. The van der Waals surface area contributed by atoms with Crippen LogP contribution in [0.3, 0.4) is 0 Å². The Bertz CT molecular complexity index is 2000. The predicted octanol–water partition coefficient (Wildman–Crippen LogP) is 3.61. The quantitative estimate of drug-likeness (QED) is 0.182. The van der Waals surface area contributed by atoms with E-state index in [9.17, 15) is 25.2 Å². The molecule has 20 heteroatoms. The topological polar surface area (TPSA) is 236 Å². The highest BCUT2D eigenvalue weighted by Crippen LogP contribution is 2.66. The second kappa shape index (κ2) is 22.5. The second-order valence-corrected chi connectivity index (χ2v) is 24.1. The molecule has 2 unspecified atom stereocenters. The van der Waals surface area contributed by atoms with Crippen LogP contribution >= 0.6 is 0 Å². The summed E-state index contributed by atoms with van der Waals surface area (Å²) in [6.45, 7) is 13.8. The van der Waals surface area contributed by atoms with Crippen LogP contribution in [0.25, 0.3) is 0 Å². The lowest BCUT2D eigenvalue weighted by molar-refractivity contribution is -0.358. The zero-order valence-electron chi connectivity index (χ0n) is 45.9. The maximum Gasteiger partial charge on any atom is 0.187 e. The molecule has 7 heterocycles. The number of aliphatic hydroxyl groups excluding tert-OH is 4. The highest BCUT2D eigenvalue weighted by molar-refractivity contribution is 5.88. The first-order chi connectivity index (χ1) is 35.8. The minimum atomic E-state index is -1.58. The number of hydrogen-bond donors (Lipinski definition) is 4. The standard InChI is InChI=1S/C55H88O20/c1-25-32-12-13-40(57)54(32,7)41-23-39-53(6)16-14-30(18-31(53)15-17-55(39,74-25)75-41)33-19-34(61-8)48(26(2)65-33)70-42-20-35(62-9)49(27(3)66-42)71-43-21-36(63-10)50(28(4)67-43)72-44-22-37(64-11)51(29(5)68-44)73-52-47(60)46(59)45(58)38(24-56)69-52/h15,25-30,32-39,41-52,56,58-60H,12-14,16-24H2,1-11H3/t25?,26-,27-,28-,29-,30+,32-,33-,34+,35-,36-,37-,38-,39-,41?,42+,43+,44+,45-,46+,47-,48-,49-,50-,51-,52+,53+,54-,55+/m1/s1. The van der Waals surface area contributed by atoms with Crippen molar-refractivity contribution in [1.29, 1.82) is 0 Å². The van der Waals surface area contributed by atoms with Crippen molar-refractivity contribution in [3.05, 3.63) is 11.6 Å². The molecule has 9 fully saturated rings. The summed E-state index contributed by atoms with van der Waals surface area (Å²) in [7, 11) is 6.56. The minimum absolute atomic E-state index is 0.00363. The average Bonchev–Trinajstić information content (AvgIpc) is 3.91. The van der Waals surface area contributed by atoms with E-state index in [-0.39, 0.29) is 66.4 Å². The van der Waals surface area contributed by atoms with Crippen LogP contribution in [-0.2, 0) is 75.8 Å². The Labute approximate surface area is 442 Å². The van der Waals surface area contributed by atoms with Crippen LogP contribution in [-0.4, -0.2) is 208 Å². The normalized spacial score (nSPS) is 54.1. The van der Waals surface area contributed by atoms with Crippen LogP contribution in [0.5, 0.6) is 0 Å². The Balaban J connectivity index is 0.711. The lowest BCUT2D eigenvalue weighted by Gasteiger charge is -2.54. The van der Waals surface area contributed by atoms with Crippen LogP contribution in [0.15, 0.2) is 11.6 Å². The number of aliphatic hydroxyl groups is 4. The summed E-state index contributed by atoms with van der Waals surface area (Å²) in [4.78, 5) is 13.5. The molecule has 3 aliphatic carbocycles. The molecule has 4 N–H and O–H groups in total. The van der Waals surface area contributed by atoms with Crippen LogP contribution in [0.1, 0.15) is 119 Å². The summed E-state index contributed by atoms with van der Waals surface area (Å²) < 4.78 is 96.0. The number of hydrogen-bond acceptors (Lipinski definition) is 20. The van der Waals surface area contributed by atoms with Gasteiger partial charge in [0.2, 0.25) is 0 Å². The zero-order valence-corrected chi connectivity index (χ0v) is 45.9. The molecule has 0 aromatic heterocycles. The van der Waals surface area contributed by atoms with Crippen molar-refractivity contribution in [3.8, 4) is 0 Å². The van der Waals surface area contributed by atoms with Gasteiger partial charge >= 0.3 is 0 Å². The van der Waals surface area contributed by atoms with Crippen molar-refractivity contribution in [2.45, 2.75) is 266 Å². The highest BCUT2D eigenvalue weighted by Gasteiger charge is 2.69. The number of rotatable bonds is 14. The van der Waals surface area contributed by atoms with Crippen molar-refractivity contribution in [2.24, 2.45) is 28.6 Å². The van der Waals surface area contributed by atoms with Crippen LogP contribution in [0.2, 0.25) is 0 Å². The number of methoxy groups -OCH3 is 4. The molecule has 1 spiro atoms. The smallest absolute Gasteiger partial charge is 0.187 e. The van der Waals surface area contributed by atoms with Crippen molar-refractivity contribution < 1.29 is 96.3 Å². The molecular formula is C55H88O20. The molecule has 75 heavy (non-hydrogen) atoms. The second-order valence-electron chi connectivity index (χ2n) is 24.1. The van der Waals surface area contributed by atoms with Crippen molar-refractivity contribution >= 4 is 5.78 Å². The fraction of sp³-hybridized carbons (Fsp3) is 0.945. The first-order valence-corrected chi connectivity index (χ1v) is 28.0. The molecule has 10 aliphatic rings. The third-order valence-electron chi connectivity index (χ3n) is 20.0. The Kier molecular flexibility index (Phi) is 17.1. The predicted molar refractivity (Wildman–Crippen MR) is 262 cm³/mol. The monoisotopic (exact) mass is 1070 g/mol. The lowest BCUT2D eigenvalue weighted by atomic mass is 9.54. The van der Waals surface area contributed by atoms with E-state index >= 15 is 0 Å². The van der Waals surface area contributed by atoms with E-state index in [1.165, 1.54) is 12.7 Å². The maximum absolute atomic E-state index is 13.5. The molecule has 2 saturated carbocycles. The summed E-state index contributed by atoms with van der Waals surface area (Å²) >= 11 is 0. The Hall–Kier alpha value is -1.35. The summed E-state index contributed by atoms with van der Waals surface area (Å²) in [6.07, 6.45) is -4.71. The lowest BCUT2D eigenvalue weighted by Crippen LogP contribution is -2.62. The van der Waals surface area contributed by atoms with Gasteiger partial charge in [-0.3, -0.25) is 4.79 Å². The molecule has 0 radical (unpaired) electrons. The van der Waals surface area contributed by atoms with Gasteiger partial charge in [-0.1, -0.05) is 18.6 Å². The first-order valence-electron chi connectivity index (χ1n) is 28.0. The highest BCUT2D eigenvalue weighted by atomic mass is 16.8. The van der Waals surface area contributed by atoms with Crippen molar-refractivity contribution in [2.75, 3.05) is 35.0 Å². The molecule has 20 nitrogen and oxygen atoms in total. The first kappa shape index (κ1) is 56.9. The van der Waals surface area contributed by atoms with Gasteiger partial charge in [-0.05, 0) is 85.0 Å². The Morgan fingerprint density at radius 3 is 1.67 bits per heavy atom. The summed E-state index contributed by atoms with van der Waals surface area (Å²) in [6, 6.07) is 0. The molecule has 0 aromatic rings. The van der Waals surface area contributed by atoms with Crippen LogP contribution in [0.4, 0.5) is 0 Å². The Morgan fingerprint density at radius 2 is 1.13 bits per heavy atom. The number of ether oxygens (including phenoxy) is 15. The van der Waals surface area contributed by atoms with E-state index < -0.39 is 116 Å². The summed E-state index contributed by atoms with van der Waals surface area (Å²) in [5.41, 5.74) is 0.905. The minimum Gasteiger partial charge on any atom is -0.394 e. The summed E-state index contributed by atoms with van der Waals surface area (Å²) in [5.74, 6) is 0.381. The van der Waals surface area contributed by atoms with E-state index in [4.69, 9.17) is 71.1 Å². The maximum atomic E-state index is 13.5. The van der Waals surface area contributed by atoms with Gasteiger partial charge in [-0.2, -0.15) is 0 Å². The molecule has 7 saturated heterocycles. The number of Topliss-reactive ketones (excluding diaryl/α,β-unsaturated/α-hetero) is 1. The largest absolute Gasteiger partial charge is 0.394 e. The van der Waals surface area contributed by atoms with Gasteiger partial charge in [0.25, 0.3) is 0 Å². The average molecular weight is 1070 g/mol. The fourth-order valence-corrected chi connectivity index (χ4v) is 15.6. The van der Waals surface area contributed by atoms with Gasteiger partial charge in [-0.25, -0.2) is 0 Å². The number of fused-ring (bicyclic) bond motifs is 5. The number of carbonyl (C=O) groups is 1. The molecule has 2 bridgehead atoms. The number of allylic oxidation sites excluding steroid dienone is 1. The van der Waals surface area contributed by atoms with E-state index in [0.717, 1.165) is 32.1 Å². The molecular weight excluding hydrogens is 981 g/mol. The van der Waals surface area contributed by atoms with Crippen LogP contribution < -0.4 is 0 Å². The number of carbonyl (C=O) groups excluding carboxylic acids is 1. The SMILES string of the molecule is CO[C@H]1C[C@H]([C@H]2CC[C@@]3(C)C(=CC[C@@]45OC(C)[C@H]6CCC(=O)[C@]6(C)C(C[C@@H]43)O5)C2)O[C@H](C)[C@H]1O[C@H]1C[C@@H](OC)[C@H](O[C@H]2C[C@@H](OC)[C@H](O[C@H]3C[C@@H](OC)[C@H](O[C@@H]4O[C@H](CO)[C@@H](O)[C@H](O)[C@H]4O)[C@@H](C)O3)[C@@H](C)O2)[C@@H](C)O1. The van der Waals surface area contributed by atoms with Crippen molar-refractivity contribution in [1.82, 2.24) is 0 Å². The molecule has 7 aliphatic heterocycles. The van der Waals surface area contributed by atoms with E-state index in [0.29, 0.717) is 43.8 Å². The molecule has 29 atom stereocenters. The van der Waals surface area contributed by atoms with Gasteiger partial charge in [-0.15, -0.1) is 0 Å².